The fraction of sp³-hybridized carbons (Fsp3) is 0.919. The first kappa shape index (κ1) is 37.5. The molecule has 0 aromatic carbocycles. The van der Waals surface area contributed by atoms with E-state index in [0.717, 1.165) is 89.0 Å². The Labute approximate surface area is 268 Å². The number of aliphatic hydroxyl groups excluding tert-OH is 3. The molecule has 2 fully saturated rings. The van der Waals surface area contributed by atoms with Crippen LogP contribution in [0.15, 0.2) is 11.6 Å². The molecule has 7 heteroatoms. The fourth-order valence-corrected chi connectivity index (χ4v) is 7.28. The molecule has 0 amide bonds. The van der Waals surface area contributed by atoms with E-state index in [-0.39, 0.29) is 42.6 Å². The Balaban J connectivity index is 1.13. The summed E-state index contributed by atoms with van der Waals surface area (Å²) in [5.74, 6) is -0.123. The maximum Gasteiger partial charge on any atom is 0.334 e. The van der Waals surface area contributed by atoms with Crippen LogP contribution < -0.4 is 0 Å². The van der Waals surface area contributed by atoms with Crippen LogP contribution in [0.1, 0.15) is 168 Å². The Morgan fingerprint density at radius 2 is 1.14 bits per heavy atom. The van der Waals surface area contributed by atoms with Crippen LogP contribution in [0.5, 0.6) is 0 Å². The number of esters is 1. The van der Waals surface area contributed by atoms with E-state index in [0.29, 0.717) is 6.42 Å². The molecule has 0 aromatic heterocycles. The van der Waals surface area contributed by atoms with Crippen LogP contribution in [0.2, 0.25) is 0 Å². The zero-order valence-electron chi connectivity index (χ0n) is 28.1. The van der Waals surface area contributed by atoms with Crippen molar-refractivity contribution >= 4 is 5.97 Å². The summed E-state index contributed by atoms with van der Waals surface area (Å²) in [4.78, 5) is 11.6. The summed E-state index contributed by atoms with van der Waals surface area (Å²) in [5.41, 5.74) is 0.863. The molecule has 0 saturated carbocycles. The van der Waals surface area contributed by atoms with Gasteiger partial charge < -0.3 is 29.5 Å². The molecule has 7 nitrogen and oxygen atoms in total. The summed E-state index contributed by atoms with van der Waals surface area (Å²) in [6.07, 6.45) is 25.7. The molecular weight excluding hydrogens is 556 g/mol. The van der Waals surface area contributed by atoms with Crippen molar-refractivity contribution in [2.24, 2.45) is 0 Å². The second-order valence-corrected chi connectivity index (χ2v) is 14.0. The van der Waals surface area contributed by atoms with Gasteiger partial charge in [-0.2, -0.15) is 0 Å². The van der Waals surface area contributed by atoms with Gasteiger partial charge in [0.15, 0.2) is 0 Å². The molecule has 0 radical (unpaired) electrons. The highest BCUT2D eigenvalue weighted by atomic mass is 16.6. The number of rotatable bonds is 25. The van der Waals surface area contributed by atoms with Gasteiger partial charge in [-0.15, -0.1) is 0 Å². The highest BCUT2D eigenvalue weighted by Crippen LogP contribution is 2.34. The van der Waals surface area contributed by atoms with E-state index in [1.165, 1.54) is 64.2 Å². The first-order chi connectivity index (χ1) is 21.4. The molecule has 3 heterocycles. The highest BCUT2D eigenvalue weighted by Gasteiger charge is 2.40. The monoisotopic (exact) mass is 622 g/mol. The van der Waals surface area contributed by atoms with Gasteiger partial charge in [0, 0.05) is 5.57 Å². The van der Waals surface area contributed by atoms with Crippen molar-refractivity contribution < 1.29 is 34.3 Å². The Kier molecular flexibility index (Phi) is 18.5. The van der Waals surface area contributed by atoms with Gasteiger partial charge in [0.2, 0.25) is 0 Å². The van der Waals surface area contributed by atoms with Crippen LogP contribution >= 0.6 is 0 Å². The van der Waals surface area contributed by atoms with E-state index in [9.17, 15) is 20.1 Å². The summed E-state index contributed by atoms with van der Waals surface area (Å²) in [7, 11) is 0. The Morgan fingerprint density at radius 3 is 1.68 bits per heavy atom. The lowest BCUT2D eigenvalue weighted by Crippen LogP contribution is -2.33. The number of carbonyl (C=O) groups is 1. The molecule has 256 valence electrons. The summed E-state index contributed by atoms with van der Waals surface area (Å²) >= 11 is 0. The van der Waals surface area contributed by atoms with Crippen molar-refractivity contribution in [3.8, 4) is 0 Å². The third-order valence-electron chi connectivity index (χ3n) is 10.1. The molecule has 0 spiro atoms. The van der Waals surface area contributed by atoms with Crippen LogP contribution in [0.4, 0.5) is 0 Å². The van der Waals surface area contributed by atoms with Crippen molar-refractivity contribution in [3.05, 3.63) is 11.6 Å². The normalized spacial score (nSPS) is 27.4. The van der Waals surface area contributed by atoms with Gasteiger partial charge in [0.05, 0.1) is 42.7 Å². The van der Waals surface area contributed by atoms with Crippen LogP contribution in [0.25, 0.3) is 0 Å². The summed E-state index contributed by atoms with van der Waals surface area (Å²) in [6, 6.07) is 0. The molecule has 3 rings (SSSR count). The third-order valence-corrected chi connectivity index (χ3v) is 10.1. The average Bonchev–Trinajstić information content (AvgIpc) is 3.76. The molecule has 0 aliphatic carbocycles. The van der Waals surface area contributed by atoms with Crippen molar-refractivity contribution in [2.45, 2.75) is 217 Å². The van der Waals surface area contributed by atoms with Gasteiger partial charge in [-0.3, -0.25) is 0 Å². The van der Waals surface area contributed by atoms with Crippen LogP contribution in [-0.4, -0.2) is 70.1 Å². The van der Waals surface area contributed by atoms with Gasteiger partial charge in [0.25, 0.3) is 0 Å². The smallest absolute Gasteiger partial charge is 0.334 e. The number of cyclic esters (lactones) is 1. The number of hydrogen-bond acceptors (Lipinski definition) is 7. The van der Waals surface area contributed by atoms with Crippen molar-refractivity contribution in [1.29, 1.82) is 0 Å². The number of hydrogen-bond donors (Lipinski definition) is 3. The van der Waals surface area contributed by atoms with Gasteiger partial charge >= 0.3 is 5.97 Å². The van der Waals surface area contributed by atoms with E-state index in [4.69, 9.17) is 14.2 Å². The molecule has 0 unspecified atom stereocenters. The van der Waals surface area contributed by atoms with Gasteiger partial charge in [-0.1, -0.05) is 90.4 Å². The largest absolute Gasteiger partial charge is 0.455 e. The quantitative estimate of drug-likeness (QED) is 0.0703. The standard InChI is InChI=1S/C37H66O7/c1-3-4-5-15-19-30(38)20-17-22-32(40)34-24-26-36(44-34)35-25-23-33(43-35)31(39)21-16-13-11-9-7-6-8-10-12-14-18-29-27-28(2)42-37(29)41/h27-28,30-36,38-40H,3-26H2,1-2H3/t28-,30+,31+,32-,33-,34-,35+,36+/m0/s1. The number of ether oxygens (including phenoxy) is 3. The summed E-state index contributed by atoms with van der Waals surface area (Å²) < 4.78 is 17.7. The predicted octanol–water partition coefficient (Wildman–Crippen LogP) is 7.86. The molecule has 2 saturated heterocycles. The molecule has 3 aliphatic rings. The zero-order chi connectivity index (χ0) is 31.6. The lowest BCUT2D eigenvalue weighted by Gasteiger charge is -2.24. The second-order valence-electron chi connectivity index (χ2n) is 14.0. The summed E-state index contributed by atoms with van der Waals surface area (Å²) in [5, 5.41) is 31.6. The SMILES string of the molecule is CCCCCC[C@@H](O)CCC[C@H](O)[C@@H]1CC[C@H]([C@H]2CC[C@@H]([C@H](O)CCCCCCCCCCCCC3=C[C@H](C)OC3=O)O2)O1. The number of carbonyl (C=O) groups excluding carboxylic acids is 1. The molecular formula is C37H66O7. The van der Waals surface area contributed by atoms with E-state index in [1.807, 2.05) is 13.0 Å². The third kappa shape index (κ3) is 14.2. The molecule has 0 aromatic rings. The minimum atomic E-state index is -0.479. The molecule has 3 N–H and O–H groups in total. The van der Waals surface area contributed by atoms with Crippen molar-refractivity contribution in [2.75, 3.05) is 0 Å². The molecule has 0 bridgehead atoms. The van der Waals surface area contributed by atoms with E-state index >= 15 is 0 Å². The molecule has 44 heavy (non-hydrogen) atoms. The van der Waals surface area contributed by atoms with Crippen LogP contribution in [-0.2, 0) is 19.0 Å². The molecule has 3 aliphatic heterocycles. The van der Waals surface area contributed by atoms with E-state index in [1.54, 1.807) is 0 Å². The first-order valence-electron chi connectivity index (χ1n) is 18.6. The Bertz CT molecular complexity index is 801. The predicted molar refractivity (Wildman–Crippen MR) is 175 cm³/mol. The maximum atomic E-state index is 11.6. The fourth-order valence-electron chi connectivity index (χ4n) is 7.28. The number of aliphatic hydroxyl groups is 3. The lowest BCUT2D eigenvalue weighted by atomic mass is 9.99. The van der Waals surface area contributed by atoms with Crippen LogP contribution in [0.3, 0.4) is 0 Å². The second kappa shape index (κ2) is 21.7. The minimum absolute atomic E-state index is 0.0170. The van der Waals surface area contributed by atoms with Gasteiger partial charge in [-0.25, -0.2) is 4.79 Å². The Morgan fingerprint density at radius 1 is 0.659 bits per heavy atom. The van der Waals surface area contributed by atoms with Crippen molar-refractivity contribution in [1.82, 2.24) is 0 Å². The van der Waals surface area contributed by atoms with Gasteiger partial charge in [0.1, 0.15) is 6.10 Å². The topological polar surface area (TPSA) is 105 Å². The minimum Gasteiger partial charge on any atom is -0.455 e. The first-order valence-corrected chi connectivity index (χ1v) is 18.6. The Hall–Kier alpha value is -0.990. The molecule has 8 atom stereocenters. The number of unbranched alkanes of at least 4 members (excludes halogenated alkanes) is 12. The van der Waals surface area contributed by atoms with Crippen LogP contribution in [0, 0.1) is 0 Å². The van der Waals surface area contributed by atoms with E-state index in [2.05, 4.69) is 6.92 Å². The lowest BCUT2D eigenvalue weighted by molar-refractivity contribution is -0.139. The average molecular weight is 623 g/mol. The summed E-state index contributed by atoms with van der Waals surface area (Å²) in [6.45, 7) is 4.11. The highest BCUT2D eigenvalue weighted by molar-refractivity contribution is 5.90. The van der Waals surface area contributed by atoms with Gasteiger partial charge in [-0.05, 0) is 83.6 Å². The van der Waals surface area contributed by atoms with Crippen molar-refractivity contribution in [3.63, 3.8) is 0 Å². The zero-order valence-corrected chi connectivity index (χ0v) is 28.1. The van der Waals surface area contributed by atoms with E-state index < -0.39 is 12.2 Å². The maximum absolute atomic E-state index is 11.6.